The van der Waals surface area contributed by atoms with Crippen LogP contribution in [0.4, 0.5) is 0 Å². The fourth-order valence-corrected chi connectivity index (χ4v) is 2.92. The largest absolute Gasteiger partial charge is 0.485 e. The summed E-state index contributed by atoms with van der Waals surface area (Å²) >= 11 is 12.0. The van der Waals surface area contributed by atoms with Crippen LogP contribution >= 0.6 is 23.2 Å². The Balaban J connectivity index is 1.86. The second-order valence-corrected chi connectivity index (χ2v) is 5.93. The van der Waals surface area contributed by atoms with E-state index in [9.17, 15) is 0 Å². The summed E-state index contributed by atoms with van der Waals surface area (Å²) in [5, 5.41) is 1.17. The summed E-state index contributed by atoms with van der Waals surface area (Å²) < 4.78 is 6.11. The molecule has 20 heavy (non-hydrogen) atoms. The quantitative estimate of drug-likeness (QED) is 0.699. The number of hydrogen-bond donors (Lipinski definition) is 0. The molecule has 0 spiro atoms. The summed E-state index contributed by atoms with van der Waals surface area (Å²) in [6.07, 6.45) is 3.13. The number of benzene rings is 2. The van der Waals surface area contributed by atoms with Crippen molar-refractivity contribution in [1.29, 1.82) is 0 Å². The lowest BCUT2D eigenvalue weighted by Crippen LogP contribution is -2.15. The van der Waals surface area contributed by atoms with Crippen LogP contribution in [-0.4, -0.2) is 0 Å². The summed E-state index contributed by atoms with van der Waals surface area (Å²) in [5.74, 6) is 0.990. The molecule has 2 aromatic rings. The van der Waals surface area contributed by atoms with Gasteiger partial charge in [0.15, 0.2) is 0 Å². The Kier molecular flexibility index (Phi) is 3.91. The third-order valence-corrected chi connectivity index (χ3v) is 4.53. The molecule has 1 heterocycles. The third kappa shape index (κ3) is 2.65. The highest BCUT2D eigenvalue weighted by atomic mass is 35.5. The first kappa shape index (κ1) is 13.8. The molecule has 0 saturated heterocycles. The van der Waals surface area contributed by atoms with Crippen molar-refractivity contribution in [2.45, 2.75) is 32.3 Å². The molecule has 1 nitrogen and oxygen atoms in total. The van der Waals surface area contributed by atoms with E-state index in [2.05, 4.69) is 25.1 Å². The molecule has 2 aromatic carbocycles. The minimum absolute atomic E-state index is 0.0599. The number of hydrogen-bond acceptors (Lipinski definition) is 1. The van der Waals surface area contributed by atoms with E-state index in [1.165, 1.54) is 11.1 Å². The van der Waals surface area contributed by atoms with Crippen molar-refractivity contribution in [3.05, 3.63) is 63.1 Å². The fourth-order valence-electron chi connectivity index (χ4n) is 2.61. The molecule has 1 atom stereocenters. The Hall–Kier alpha value is -1.18. The van der Waals surface area contributed by atoms with E-state index in [4.69, 9.17) is 27.9 Å². The monoisotopic (exact) mass is 306 g/mol. The number of rotatable bonds is 2. The van der Waals surface area contributed by atoms with E-state index < -0.39 is 0 Å². The molecular weight excluding hydrogens is 291 g/mol. The van der Waals surface area contributed by atoms with Gasteiger partial charge in [-0.1, -0.05) is 48.3 Å². The van der Waals surface area contributed by atoms with E-state index in [-0.39, 0.29) is 6.10 Å². The molecule has 1 aliphatic rings. The molecule has 0 fully saturated rings. The highest BCUT2D eigenvalue weighted by Crippen LogP contribution is 2.37. The second-order valence-electron chi connectivity index (χ2n) is 5.11. The normalized spacial score (nSPS) is 17.4. The zero-order valence-corrected chi connectivity index (χ0v) is 12.8. The van der Waals surface area contributed by atoms with E-state index >= 15 is 0 Å². The molecule has 0 radical (unpaired) electrons. The molecule has 1 aliphatic heterocycles. The van der Waals surface area contributed by atoms with Crippen molar-refractivity contribution in [3.63, 3.8) is 0 Å². The SMILES string of the molecule is CCc1ccc2c(c1)CCC(c1ccc(Cl)c(Cl)c1)O2. The van der Waals surface area contributed by atoms with Crippen LogP contribution in [0.3, 0.4) is 0 Å². The van der Waals surface area contributed by atoms with Crippen molar-refractivity contribution in [2.24, 2.45) is 0 Å². The predicted octanol–water partition coefficient (Wildman–Crippen LogP) is 5.62. The van der Waals surface area contributed by atoms with Gasteiger partial charge >= 0.3 is 0 Å². The van der Waals surface area contributed by atoms with Crippen LogP contribution in [0, 0.1) is 0 Å². The van der Waals surface area contributed by atoms with Crippen LogP contribution in [-0.2, 0) is 12.8 Å². The van der Waals surface area contributed by atoms with Gasteiger partial charge in [0.1, 0.15) is 11.9 Å². The van der Waals surface area contributed by atoms with Gasteiger partial charge in [0.25, 0.3) is 0 Å². The Morgan fingerprint density at radius 2 is 1.95 bits per heavy atom. The molecule has 0 aromatic heterocycles. The van der Waals surface area contributed by atoms with Gasteiger partial charge in [-0.3, -0.25) is 0 Å². The Morgan fingerprint density at radius 1 is 1.10 bits per heavy atom. The van der Waals surface area contributed by atoms with Gasteiger partial charge in [0.2, 0.25) is 0 Å². The smallest absolute Gasteiger partial charge is 0.124 e. The maximum Gasteiger partial charge on any atom is 0.124 e. The number of aryl methyl sites for hydroxylation is 2. The summed E-state index contributed by atoms with van der Waals surface area (Å²) in [6.45, 7) is 2.17. The molecule has 3 heteroatoms. The minimum Gasteiger partial charge on any atom is -0.485 e. The molecular formula is C17H16Cl2O. The Bertz CT molecular complexity index is 637. The van der Waals surface area contributed by atoms with E-state index in [1.54, 1.807) is 0 Å². The Morgan fingerprint density at radius 3 is 2.70 bits per heavy atom. The molecule has 0 amide bonds. The highest BCUT2D eigenvalue weighted by Gasteiger charge is 2.21. The third-order valence-electron chi connectivity index (χ3n) is 3.79. The first-order valence-electron chi connectivity index (χ1n) is 6.90. The van der Waals surface area contributed by atoms with Crippen molar-refractivity contribution in [1.82, 2.24) is 0 Å². The molecule has 104 valence electrons. The predicted molar refractivity (Wildman–Crippen MR) is 84.0 cm³/mol. The van der Waals surface area contributed by atoms with Gasteiger partial charge in [0, 0.05) is 0 Å². The number of fused-ring (bicyclic) bond motifs is 1. The summed E-state index contributed by atoms with van der Waals surface area (Å²) in [6, 6.07) is 12.2. The van der Waals surface area contributed by atoms with E-state index in [0.29, 0.717) is 10.0 Å². The number of halogens is 2. The van der Waals surface area contributed by atoms with Crippen LogP contribution in [0.2, 0.25) is 10.0 Å². The molecule has 0 bridgehead atoms. The van der Waals surface area contributed by atoms with Gasteiger partial charge < -0.3 is 4.74 Å². The van der Waals surface area contributed by atoms with Crippen LogP contribution in [0.15, 0.2) is 36.4 Å². The van der Waals surface area contributed by atoms with Crippen LogP contribution in [0.1, 0.15) is 36.1 Å². The lowest BCUT2D eigenvalue weighted by atomic mass is 9.96. The molecule has 0 N–H and O–H groups in total. The Labute approximate surface area is 129 Å². The maximum atomic E-state index is 6.11. The first-order chi connectivity index (χ1) is 9.67. The second kappa shape index (κ2) is 5.67. The van der Waals surface area contributed by atoms with Gasteiger partial charge in [0.05, 0.1) is 10.0 Å². The number of ether oxygens (including phenoxy) is 1. The summed E-state index contributed by atoms with van der Waals surface area (Å²) in [5.41, 5.74) is 3.76. The van der Waals surface area contributed by atoms with Gasteiger partial charge in [-0.2, -0.15) is 0 Å². The van der Waals surface area contributed by atoms with Crippen LogP contribution in [0.25, 0.3) is 0 Å². The zero-order chi connectivity index (χ0) is 14.1. The minimum atomic E-state index is 0.0599. The lowest BCUT2D eigenvalue weighted by Gasteiger charge is -2.27. The van der Waals surface area contributed by atoms with Crippen LogP contribution < -0.4 is 4.74 Å². The lowest BCUT2D eigenvalue weighted by molar-refractivity contribution is 0.176. The maximum absolute atomic E-state index is 6.11. The standard InChI is InChI=1S/C17H16Cl2O/c1-2-11-3-7-16-12(9-11)5-8-17(20-16)13-4-6-14(18)15(19)10-13/h3-4,6-7,9-10,17H,2,5,8H2,1H3. The average molecular weight is 307 g/mol. The van der Waals surface area contributed by atoms with Crippen molar-refractivity contribution >= 4 is 23.2 Å². The van der Waals surface area contributed by atoms with Crippen molar-refractivity contribution < 1.29 is 4.74 Å². The fraction of sp³-hybridized carbons (Fsp3) is 0.294. The van der Waals surface area contributed by atoms with Crippen LogP contribution in [0.5, 0.6) is 5.75 Å². The average Bonchev–Trinajstić information content (AvgIpc) is 2.49. The molecule has 0 aliphatic carbocycles. The summed E-state index contributed by atoms with van der Waals surface area (Å²) in [4.78, 5) is 0. The zero-order valence-electron chi connectivity index (χ0n) is 11.3. The van der Waals surface area contributed by atoms with Gasteiger partial charge in [-0.05, 0) is 54.2 Å². The van der Waals surface area contributed by atoms with E-state index in [0.717, 1.165) is 30.6 Å². The van der Waals surface area contributed by atoms with Crippen molar-refractivity contribution in [2.75, 3.05) is 0 Å². The molecule has 0 saturated carbocycles. The van der Waals surface area contributed by atoms with E-state index in [1.807, 2.05) is 18.2 Å². The first-order valence-corrected chi connectivity index (χ1v) is 7.66. The van der Waals surface area contributed by atoms with Gasteiger partial charge in [-0.25, -0.2) is 0 Å². The van der Waals surface area contributed by atoms with Gasteiger partial charge in [-0.15, -0.1) is 0 Å². The highest BCUT2D eigenvalue weighted by molar-refractivity contribution is 6.42. The molecule has 1 unspecified atom stereocenters. The summed E-state index contributed by atoms with van der Waals surface area (Å²) in [7, 11) is 0. The van der Waals surface area contributed by atoms with Crippen molar-refractivity contribution in [3.8, 4) is 5.75 Å². The topological polar surface area (TPSA) is 9.23 Å². The molecule has 3 rings (SSSR count).